The second-order valence-electron chi connectivity index (χ2n) is 6.64. The van der Waals surface area contributed by atoms with Crippen LogP contribution in [0.4, 0.5) is 0 Å². The van der Waals surface area contributed by atoms with Gasteiger partial charge in [-0.2, -0.15) is 0 Å². The Kier molecular flexibility index (Phi) is 5.47. The molecule has 0 spiro atoms. The zero-order chi connectivity index (χ0) is 13.7. The molecule has 1 aliphatic carbocycles. The predicted octanol–water partition coefficient (Wildman–Crippen LogP) is 3.73. The Morgan fingerprint density at radius 3 is 2.26 bits per heavy atom. The highest BCUT2D eigenvalue weighted by atomic mass is 15.2. The molecule has 1 aliphatic heterocycles. The van der Waals surface area contributed by atoms with E-state index in [2.05, 4.69) is 37.1 Å². The Labute approximate surface area is 119 Å². The van der Waals surface area contributed by atoms with Crippen molar-refractivity contribution in [2.45, 2.75) is 77.3 Å². The number of piperidine rings is 1. The van der Waals surface area contributed by atoms with Crippen LogP contribution >= 0.6 is 0 Å². The first-order chi connectivity index (χ1) is 9.19. The van der Waals surface area contributed by atoms with E-state index in [0.29, 0.717) is 11.6 Å². The third-order valence-corrected chi connectivity index (χ3v) is 4.96. The molecule has 2 aliphatic rings. The first-order valence-electron chi connectivity index (χ1n) is 8.32. The molecule has 1 saturated carbocycles. The van der Waals surface area contributed by atoms with Crippen molar-refractivity contribution < 1.29 is 0 Å². The van der Waals surface area contributed by atoms with Crippen LogP contribution in [0.25, 0.3) is 0 Å². The Bertz CT molecular complexity index is 292. The molecule has 0 amide bonds. The van der Waals surface area contributed by atoms with Gasteiger partial charge in [-0.15, -0.1) is 0 Å². The van der Waals surface area contributed by atoms with E-state index in [1.807, 2.05) is 0 Å². The van der Waals surface area contributed by atoms with Crippen LogP contribution < -0.4 is 5.32 Å². The quantitative estimate of drug-likeness (QED) is 0.761. The van der Waals surface area contributed by atoms with Crippen molar-refractivity contribution in [2.75, 3.05) is 19.6 Å². The molecule has 0 aromatic carbocycles. The van der Waals surface area contributed by atoms with Gasteiger partial charge in [-0.25, -0.2) is 0 Å². The molecule has 1 saturated heterocycles. The molecule has 1 atom stereocenters. The Balaban J connectivity index is 2.22. The summed E-state index contributed by atoms with van der Waals surface area (Å²) in [5.74, 6) is 0. The summed E-state index contributed by atoms with van der Waals surface area (Å²) in [5.41, 5.74) is 1.86. The number of likely N-dealkylation sites (N-methyl/N-ethyl adjacent to an activating group) is 1. The lowest BCUT2D eigenvalue weighted by molar-refractivity contribution is 0.0503. The molecule has 19 heavy (non-hydrogen) atoms. The van der Waals surface area contributed by atoms with Crippen LogP contribution in [0.5, 0.6) is 0 Å². The lowest BCUT2D eigenvalue weighted by atomic mass is 9.83. The third-order valence-electron chi connectivity index (χ3n) is 4.96. The summed E-state index contributed by atoms with van der Waals surface area (Å²) in [5, 5.41) is 3.78. The third kappa shape index (κ3) is 3.41. The van der Waals surface area contributed by atoms with Crippen molar-refractivity contribution >= 4 is 0 Å². The fraction of sp³-hybridized carbons (Fsp3) is 0.882. The van der Waals surface area contributed by atoms with Crippen LogP contribution in [0.3, 0.4) is 0 Å². The van der Waals surface area contributed by atoms with Gasteiger partial charge in [0.05, 0.1) is 0 Å². The van der Waals surface area contributed by atoms with Crippen LogP contribution in [0.2, 0.25) is 0 Å². The highest BCUT2D eigenvalue weighted by molar-refractivity contribution is 5.14. The predicted molar refractivity (Wildman–Crippen MR) is 83.5 cm³/mol. The minimum atomic E-state index is 0.410. The average molecular weight is 264 g/mol. The largest absolute Gasteiger partial charge is 0.309 e. The van der Waals surface area contributed by atoms with Crippen LogP contribution in [0.15, 0.2) is 11.6 Å². The van der Waals surface area contributed by atoms with Gasteiger partial charge in [0.15, 0.2) is 0 Å². The van der Waals surface area contributed by atoms with E-state index in [1.54, 1.807) is 0 Å². The lowest BCUT2D eigenvalue weighted by Crippen LogP contribution is -2.60. The second-order valence-corrected chi connectivity index (χ2v) is 6.64. The monoisotopic (exact) mass is 264 g/mol. The van der Waals surface area contributed by atoms with Crippen molar-refractivity contribution in [1.82, 2.24) is 10.2 Å². The van der Waals surface area contributed by atoms with Gasteiger partial charge in [0.1, 0.15) is 0 Å². The summed E-state index contributed by atoms with van der Waals surface area (Å²) in [6.07, 6.45) is 12.3. The van der Waals surface area contributed by atoms with Crippen molar-refractivity contribution in [1.29, 1.82) is 0 Å². The van der Waals surface area contributed by atoms with E-state index in [1.165, 1.54) is 63.6 Å². The Hall–Kier alpha value is -0.340. The SMILES string of the molecule is CCNC(C=C(C)C)C1(N2CCCCC2)CCCC1. The maximum Gasteiger partial charge on any atom is 0.0439 e. The number of nitrogens with one attached hydrogen (secondary N) is 1. The Morgan fingerprint density at radius 2 is 1.74 bits per heavy atom. The van der Waals surface area contributed by atoms with Crippen LogP contribution in [0.1, 0.15) is 65.7 Å². The summed E-state index contributed by atoms with van der Waals surface area (Å²) >= 11 is 0. The summed E-state index contributed by atoms with van der Waals surface area (Å²) < 4.78 is 0. The van der Waals surface area contributed by atoms with Crippen LogP contribution in [-0.4, -0.2) is 36.1 Å². The highest BCUT2D eigenvalue weighted by Crippen LogP contribution is 2.40. The van der Waals surface area contributed by atoms with Gasteiger partial charge in [-0.3, -0.25) is 4.90 Å². The normalized spacial score (nSPS) is 25.2. The summed E-state index contributed by atoms with van der Waals surface area (Å²) in [4.78, 5) is 2.83. The molecule has 110 valence electrons. The van der Waals surface area contributed by atoms with E-state index in [4.69, 9.17) is 0 Å². The maximum absolute atomic E-state index is 3.78. The van der Waals surface area contributed by atoms with Gasteiger partial charge >= 0.3 is 0 Å². The minimum Gasteiger partial charge on any atom is -0.309 e. The number of allylic oxidation sites excluding steroid dienone is 1. The molecule has 2 nitrogen and oxygen atoms in total. The average Bonchev–Trinajstić information content (AvgIpc) is 2.89. The van der Waals surface area contributed by atoms with Crippen molar-refractivity contribution in [3.63, 3.8) is 0 Å². The van der Waals surface area contributed by atoms with E-state index in [-0.39, 0.29) is 0 Å². The van der Waals surface area contributed by atoms with Crippen LogP contribution in [0, 0.1) is 0 Å². The molecule has 0 radical (unpaired) electrons. The fourth-order valence-electron chi connectivity index (χ4n) is 4.11. The van der Waals surface area contributed by atoms with Crippen LogP contribution in [-0.2, 0) is 0 Å². The van der Waals surface area contributed by atoms with Crippen molar-refractivity contribution in [3.8, 4) is 0 Å². The zero-order valence-electron chi connectivity index (χ0n) is 13.2. The summed E-state index contributed by atoms with van der Waals surface area (Å²) in [7, 11) is 0. The molecule has 1 unspecified atom stereocenters. The number of hydrogen-bond donors (Lipinski definition) is 1. The van der Waals surface area contributed by atoms with Gasteiger partial charge < -0.3 is 5.32 Å². The molecule has 2 fully saturated rings. The fourth-order valence-corrected chi connectivity index (χ4v) is 4.11. The van der Waals surface area contributed by atoms with E-state index >= 15 is 0 Å². The maximum atomic E-state index is 3.78. The van der Waals surface area contributed by atoms with Gasteiger partial charge in [0.25, 0.3) is 0 Å². The number of nitrogens with zero attached hydrogens (tertiary/aromatic N) is 1. The molecule has 0 aromatic heterocycles. The summed E-state index contributed by atoms with van der Waals surface area (Å²) in [6, 6.07) is 0.545. The van der Waals surface area contributed by atoms with Crippen molar-refractivity contribution in [2.24, 2.45) is 0 Å². The second kappa shape index (κ2) is 6.90. The standard InChI is InChI=1S/C17H32N2/c1-4-18-16(14-15(2)3)17(10-6-7-11-17)19-12-8-5-9-13-19/h14,16,18H,4-13H2,1-3H3. The van der Waals surface area contributed by atoms with Crippen molar-refractivity contribution in [3.05, 3.63) is 11.6 Å². The lowest BCUT2D eigenvalue weighted by Gasteiger charge is -2.48. The number of hydrogen-bond acceptors (Lipinski definition) is 2. The smallest absolute Gasteiger partial charge is 0.0439 e. The van der Waals surface area contributed by atoms with E-state index < -0.39 is 0 Å². The van der Waals surface area contributed by atoms with Gasteiger partial charge in [-0.1, -0.05) is 37.8 Å². The minimum absolute atomic E-state index is 0.410. The molecule has 0 bridgehead atoms. The van der Waals surface area contributed by atoms with E-state index in [9.17, 15) is 0 Å². The molecule has 1 heterocycles. The zero-order valence-corrected chi connectivity index (χ0v) is 13.2. The molecule has 0 aromatic rings. The first kappa shape index (κ1) is 15.1. The number of likely N-dealkylation sites (tertiary alicyclic amines) is 1. The van der Waals surface area contributed by atoms with Gasteiger partial charge in [-0.05, 0) is 59.2 Å². The first-order valence-corrected chi connectivity index (χ1v) is 8.32. The molecular formula is C17H32N2. The topological polar surface area (TPSA) is 15.3 Å². The Morgan fingerprint density at radius 1 is 1.11 bits per heavy atom. The van der Waals surface area contributed by atoms with Gasteiger partial charge in [0, 0.05) is 11.6 Å². The molecular weight excluding hydrogens is 232 g/mol. The van der Waals surface area contributed by atoms with E-state index in [0.717, 1.165) is 6.54 Å². The summed E-state index contributed by atoms with van der Waals surface area (Å²) in [6.45, 7) is 10.4. The molecule has 1 N–H and O–H groups in total. The number of rotatable bonds is 5. The van der Waals surface area contributed by atoms with Gasteiger partial charge in [0.2, 0.25) is 0 Å². The highest BCUT2D eigenvalue weighted by Gasteiger charge is 2.44. The molecule has 2 rings (SSSR count). The molecule has 2 heteroatoms.